The van der Waals surface area contributed by atoms with Gasteiger partial charge in [0.15, 0.2) is 0 Å². The molecule has 0 amide bonds. The summed E-state index contributed by atoms with van der Waals surface area (Å²) >= 11 is 0. The lowest BCUT2D eigenvalue weighted by Gasteiger charge is -2.27. The van der Waals surface area contributed by atoms with E-state index >= 15 is 0 Å². The lowest BCUT2D eigenvalue weighted by molar-refractivity contribution is 0.207. The highest BCUT2D eigenvalue weighted by atomic mass is 15.2. The van der Waals surface area contributed by atoms with E-state index in [1.54, 1.807) is 0 Å². The number of nitrogens with zero attached hydrogens (tertiary/aromatic N) is 3. The van der Waals surface area contributed by atoms with Crippen LogP contribution in [-0.4, -0.2) is 54.1 Å². The minimum absolute atomic E-state index is 0.464. The molecule has 2 heterocycles. The fraction of sp³-hybridized carbons (Fsp3) is 0.643. The van der Waals surface area contributed by atoms with Crippen molar-refractivity contribution in [2.75, 3.05) is 33.2 Å². The summed E-state index contributed by atoms with van der Waals surface area (Å²) in [4.78, 5) is 9.08. The molecule has 100 valence electrons. The zero-order valence-corrected chi connectivity index (χ0v) is 11.4. The van der Waals surface area contributed by atoms with Crippen LogP contribution in [-0.2, 0) is 6.54 Å². The molecule has 1 saturated heterocycles. The average molecular weight is 248 g/mol. The highest BCUT2D eigenvalue weighted by Crippen LogP contribution is 2.14. The second-order valence-electron chi connectivity index (χ2n) is 5.49. The zero-order valence-electron chi connectivity index (χ0n) is 11.4. The van der Waals surface area contributed by atoms with Gasteiger partial charge in [-0.2, -0.15) is 0 Å². The van der Waals surface area contributed by atoms with Crippen molar-refractivity contribution in [3.63, 3.8) is 0 Å². The van der Waals surface area contributed by atoms with Crippen LogP contribution in [0.15, 0.2) is 24.5 Å². The zero-order chi connectivity index (χ0) is 13.0. The molecule has 4 heteroatoms. The molecular weight excluding hydrogens is 224 g/mol. The summed E-state index contributed by atoms with van der Waals surface area (Å²) in [7, 11) is 2.18. The largest absolute Gasteiger partial charge is 0.329 e. The smallest absolute Gasteiger partial charge is 0.0342 e. The van der Waals surface area contributed by atoms with Gasteiger partial charge in [0, 0.05) is 51.2 Å². The second kappa shape index (κ2) is 6.27. The lowest BCUT2D eigenvalue weighted by Crippen LogP contribution is -2.43. The van der Waals surface area contributed by atoms with Crippen molar-refractivity contribution < 1.29 is 0 Å². The number of nitrogens with two attached hydrogens (primary N) is 1. The summed E-state index contributed by atoms with van der Waals surface area (Å²) in [5, 5.41) is 0. The van der Waals surface area contributed by atoms with Crippen LogP contribution in [0.3, 0.4) is 0 Å². The van der Waals surface area contributed by atoms with Gasteiger partial charge in [0.05, 0.1) is 0 Å². The molecule has 0 bridgehead atoms. The maximum absolute atomic E-state index is 5.88. The third-order valence-corrected chi connectivity index (χ3v) is 3.66. The van der Waals surface area contributed by atoms with E-state index in [-0.39, 0.29) is 0 Å². The Morgan fingerprint density at radius 3 is 2.89 bits per heavy atom. The lowest BCUT2D eigenvalue weighted by atomic mass is 10.1. The van der Waals surface area contributed by atoms with Crippen molar-refractivity contribution in [3.05, 3.63) is 30.1 Å². The maximum atomic E-state index is 5.88. The van der Waals surface area contributed by atoms with Crippen LogP contribution < -0.4 is 5.73 Å². The summed E-state index contributed by atoms with van der Waals surface area (Å²) in [6, 6.07) is 4.61. The molecule has 1 aliphatic rings. The molecule has 2 rings (SSSR count). The number of pyridine rings is 1. The molecule has 1 aromatic rings. The predicted molar refractivity (Wildman–Crippen MR) is 74.2 cm³/mol. The highest BCUT2D eigenvalue weighted by molar-refractivity contribution is 5.08. The Hall–Kier alpha value is -0.970. The van der Waals surface area contributed by atoms with E-state index in [2.05, 4.69) is 34.8 Å². The van der Waals surface area contributed by atoms with Gasteiger partial charge in [0.25, 0.3) is 0 Å². The highest BCUT2D eigenvalue weighted by Gasteiger charge is 2.24. The molecule has 1 aliphatic heterocycles. The van der Waals surface area contributed by atoms with E-state index < -0.39 is 0 Å². The Balaban J connectivity index is 2.02. The van der Waals surface area contributed by atoms with Crippen LogP contribution in [0.5, 0.6) is 0 Å². The fourth-order valence-electron chi connectivity index (χ4n) is 2.78. The van der Waals surface area contributed by atoms with Crippen molar-refractivity contribution in [2.45, 2.75) is 19.5 Å². The quantitative estimate of drug-likeness (QED) is 0.859. The van der Waals surface area contributed by atoms with Crippen LogP contribution in [0.4, 0.5) is 0 Å². The third-order valence-electron chi connectivity index (χ3n) is 3.66. The van der Waals surface area contributed by atoms with Gasteiger partial charge in [0.1, 0.15) is 0 Å². The minimum Gasteiger partial charge on any atom is -0.329 e. The van der Waals surface area contributed by atoms with Crippen molar-refractivity contribution >= 4 is 0 Å². The first-order chi connectivity index (χ1) is 8.69. The minimum atomic E-state index is 0.464. The number of hydrogen-bond donors (Lipinski definition) is 1. The van der Waals surface area contributed by atoms with Crippen LogP contribution in [0, 0.1) is 5.92 Å². The van der Waals surface area contributed by atoms with Crippen LogP contribution in [0.25, 0.3) is 0 Å². The van der Waals surface area contributed by atoms with Crippen molar-refractivity contribution in [1.29, 1.82) is 0 Å². The van der Waals surface area contributed by atoms with E-state index in [0.29, 0.717) is 12.0 Å². The Kier molecular flexibility index (Phi) is 4.69. The van der Waals surface area contributed by atoms with Crippen LogP contribution >= 0.6 is 0 Å². The molecule has 0 saturated carbocycles. The molecule has 0 aliphatic carbocycles. The first-order valence-corrected chi connectivity index (χ1v) is 6.70. The molecule has 18 heavy (non-hydrogen) atoms. The molecule has 0 spiro atoms. The molecular formula is C14H24N4. The van der Waals surface area contributed by atoms with E-state index in [1.165, 1.54) is 5.56 Å². The monoisotopic (exact) mass is 248 g/mol. The molecule has 1 aromatic heterocycles. The van der Waals surface area contributed by atoms with Gasteiger partial charge >= 0.3 is 0 Å². The van der Waals surface area contributed by atoms with Gasteiger partial charge in [-0.15, -0.1) is 0 Å². The molecule has 2 unspecified atom stereocenters. The molecule has 2 atom stereocenters. The van der Waals surface area contributed by atoms with E-state index in [9.17, 15) is 0 Å². The first kappa shape index (κ1) is 13.5. The van der Waals surface area contributed by atoms with Gasteiger partial charge < -0.3 is 10.6 Å². The van der Waals surface area contributed by atoms with Crippen LogP contribution in [0.1, 0.15) is 12.5 Å². The Labute approximate surface area is 110 Å². The SMILES string of the molecule is CC1CN(Cc2cccnc2)CC(CN)N(C)C1. The van der Waals surface area contributed by atoms with Crippen molar-refractivity contribution in [1.82, 2.24) is 14.8 Å². The van der Waals surface area contributed by atoms with Crippen molar-refractivity contribution in [3.8, 4) is 0 Å². The Morgan fingerprint density at radius 2 is 2.22 bits per heavy atom. The van der Waals surface area contributed by atoms with Gasteiger partial charge in [-0.1, -0.05) is 13.0 Å². The molecule has 1 fully saturated rings. The van der Waals surface area contributed by atoms with Gasteiger partial charge in [-0.05, 0) is 24.6 Å². The predicted octanol–water partition coefficient (Wildman–Crippen LogP) is 0.792. The van der Waals surface area contributed by atoms with Crippen molar-refractivity contribution in [2.24, 2.45) is 11.7 Å². The molecule has 0 aromatic carbocycles. The average Bonchev–Trinajstić information content (AvgIpc) is 2.49. The summed E-state index contributed by atoms with van der Waals surface area (Å²) in [5.41, 5.74) is 7.17. The Morgan fingerprint density at radius 1 is 1.39 bits per heavy atom. The number of rotatable bonds is 3. The Bertz CT molecular complexity index is 354. The first-order valence-electron chi connectivity index (χ1n) is 6.70. The topological polar surface area (TPSA) is 45.4 Å². The number of hydrogen-bond acceptors (Lipinski definition) is 4. The van der Waals surface area contributed by atoms with E-state index in [0.717, 1.165) is 32.7 Å². The standard InChI is InChI=1S/C14H24N4/c1-12-8-17(2)14(6-15)11-18(9-12)10-13-4-3-5-16-7-13/h3-5,7,12,14H,6,8-11,15H2,1-2H3. The normalized spacial score (nSPS) is 27.1. The van der Waals surface area contributed by atoms with Gasteiger partial charge in [-0.3, -0.25) is 9.88 Å². The molecule has 2 N–H and O–H groups in total. The fourth-order valence-corrected chi connectivity index (χ4v) is 2.78. The van der Waals surface area contributed by atoms with E-state index in [1.807, 2.05) is 18.5 Å². The molecule has 4 nitrogen and oxygen atoms in total. The summed E-state index contributed by atoms with van der Waals surface area (Å²) in [6.45, 7) is 7.33. The van der Waals surface area contributed by atoms with Gasteiger partial charge in [-0.25, -0.2) is 0 Å². The molecule has 0 radical (unpaired) electrons. The van der Waals surface area contributed by atoms with E-state index in [4.69, 9.17) is 5.73 Å². The summed E-state index contributed by atoms with van der Waals surface area (Å²) in [6.07, 6.45) is 3.78. The summed E-state index contributed by atoms with van der Waals surface area (Å²) in [5.74, 6) is 0.684. The number of aromatic nitrogens is 1. The van der Waals surface area contributed by atoms with Gasteiger partial charge in [0.2, 0.25) is 0 Å². The maximum Gasteiger partial charge on any atom is 0.0342 e. The van der Waals surface area contributed by atoms with Crippen LogP contribution in [0.2, 0.25) is 0 Å². The summed E-state index contributed by atoms with van der Waals surface area (Å²) < 4.78 is 0. The second-order valence-corrected chi connectivity index (χ2v) is 5.49. The third kappa shape index (κ3) is 3.51. The number of likely N-dealkylation sites (N-methyl/N-ethyl adjacent to an activating group) is 1.